The molecular weight excluding hydrogens is 248 g/mol. The largest absolute Gasteiger partial charge is 0.478 e. The smallest absolute Gasteiger partial charge is 0.328 e. The molecule has 0 bridgehead atoms. The molecule has 98 valence electrons. The van der Waals surface area contributed by atoms with Crippen molar-refractivity contribution in [2.45, 2.75) is 6.92 Å². The summed E-state index contributed by atoms with van der Waals surface area (Å²) in [6.45, 7) is 1.86. The zero-order chi connectivity index (χ0) is 13.8. The zero-order valence-electron chi connectivity index (χ0n) is 10.4. The van der Waals surface area contributed by atoms with Crippen LogP contribution in [-0.4, -0.2) is 37.7 Å². The first kappa shape index (κ1) is 12.7. The zero-order valence-corrected chi connectivity index (χ0v) is 10.4. The van der Waals surface area contributed by atoms with Crippen molar-refractivity contribution in [2.75, 3.05) is 7.11 Å². The van der Waals surface area contributed by atoms with Crippen molar-refractivity contribution in [3.05, 3.63) is 36.2 Å². The van der Waals surface area contributed by atoms with Gasteiger partial charge in [0.1, 0.15) is 6.33 Å². The summed E-state index contributed by atoms with van der Waals surface area (Å²) in [7, 11) is 1.47. The molecule has 0 unspecified atom stereocenters. The number of carboxylic acid groups (broad SMARTS) is 1. The summed E-state index contributed by atoms with van der Waals surface area (Å²) in [5.74, 6) is -0.254. The molecule has 0 atom stereocenters. The number of hydrogen-bond donors (Lipinski definition) is 1. The van der Waals surface area contributed by atoms with Crippen molar-refractivity contribution in [3.8, 4) is 11.7 Å². The van der Waals surface area contributed by atoms with Crippen LogP contribution < -0.4 is 4.74 Å². The van der Waals surface area contributed by atoms with Crippen LogP contribution >= 0.6 is 0 Å². The van der Waals surface area contributed by atoms with Gasteiger partial charge in [0.05, 0.1) is 24.7 Å². The third-order valence-corrected chi connectivity index (χ3v) is 2.29. The summed E-state index contributed by atoms with van der Waals surface area (Å²) >= 11 is 0. The predicted octanol–water partition coefficient (Wildman–Crippen LogP) is 1.08. The van der Waals surface area contributed by atoms with Crippen LogP contribution in [0.25, 0.3) is 11.9 Å². The molecule has 2 aromatic rings. The number of nitrogens with zero attached hydrogens (tertiary/aromatic N) is 4. The summed E-state index contributed by atoms with van der Waals surface area (Å²) < 4.78 is 6.84. The minimum Gasteiger partial charge on any atom is -0.478 e. The van der Waals surface area contributed by atoms with Crippen molar-refractivity contribution >= 4 is 12.0 Å². The van der Waals surface area contributed by atoms with Gasteiger partial charge < -0.3 is 9.84 Å². The fraction of sp³-hybridized carbons (Fsp3) is 0.167. The molecule has 7 nitrogen and oxygen atoms in total. The summed E-state index contributed by atoms with van der Waals surface area (Å²) in [6, 6.07) is 0. The van der Waals surface area contributed by atoms with E-state index in [1.165, 1.54) is 19.4 Å². The van der Waals surface area contributed by atoms with Crippen LogP contribution in [0.5, 0.6) is 5.88 Å². The minimum atomic E-state index is -1.05. The van der Waals surface area contributed by atoms with Gasteiger partial charge in [0, 0.05) is 12.3 Å². The van der Waals surface area contributed by atoms with Crippen LogP contribution in [0.2, 0.25) is 0 Å². The second kappa shape index (κ2) is 5.30. The fourth-order valence-corrected chi connectivity index (χ4v) is 1.47. The second-order valence-electron chi connectivity index (χ2n) is 3.72. The summed E-state index contributed by atoms with van der Waals surface area (Å²) in [5, 5.41) is 8.56. The van der Waals surface area contributed by atoms with E-state index < -0.39 is 5.97 Å². The molecule has 0 fully saturated rings. The number of imidazole rings is 1. The van der Waals surface area contributed by atoms with Gasteiger partial charge in [-0.25, -0.2) is 19.7 Å². The number of aromatic nitrogens is 4. The molecule has 0 aliphatic carbocycles. The maximum Gasteiger partial charge on any atom is 0.328 e. The number of hydrogen-bond acceptors (Lipinski definition) is 5. The molecule has 0 aliphatic rings. The fourth-order valence-electron chi connectivity index (χ4n) is 1.47. The van der Waals surface area contributed by atoms with E-state index in [1.807, 2.05) is 6.92 Å². The maximum absolute atomic E-state index is 10.4. The van der Waals surface area contributed by atoms with Gasteiger partial charge >= 0.3 is 5.97 Å². The monoisotopic (exact) mass is 260 g/mol. The van der Waals surface area contributed by atoms with E-state index in [1.54, 1.807) is 17.1 Å². The van der Waals surface area contributed by atoms with E-state index in [0.29, 0.717) is 17.4 Å². The van der Waals surface area contributed by atoms with E-state index in [4.69, 9.17) is 9.84 Å². The Morgan fingerprint density at radius 3 is 2.84 bits per heavy atom. The molecule has 2 aromatic heterocycles. The first-order chi connectivity index (χ1) is 9.10. The molecular formula is C12H12N4O3. The number of methoxy groups -OCH3 is 1. The number of ether oxygens (including phenoxy) is 1. The lowest BCUT2D eigenvalue weighted by Gasteiger charge is -2.07. The minimum absolute atomic E-state index is 0.296. The third kappa shape index (κ3) is 2.95. The number of carboxylic acids is 1. The van der Waals surface area contributed by atoms with Crippen LogP contribution in [0, 0.1) is 6.92 Å². The first-order valence-corrected chi connectivity index (χ1v) is 5.43. The lowest BCUT2D eigenvalue weighted by Crippen LogP contribution is -2.02. The molecule has 0 aliphatic heterocycles. The standard InChI is InChI=1S/C12H12N4O3/c1-8-6-16(7-14-8)11-12(19-2)15-9(5-13-11)3-4-10(17)18/h3-7H,1-2H3,(H,17,18). The predicted molar refractivity (Wildman–Crippen MR) is 67.1 cm³/mol. The van der Waals surface area contributed by atoms with Crippen LogP contribution in [0.15, 0.2) is 24.8 Å². The molecule has 1 N–H and O–H groups in total. The van der Waals surface area contributed by atoms with E-state index in [9.17, 15) is 4.79 Å². The lowest BCUT2D eigenvalue weighted by atomic mass is 10.4. The average Bonchev–Trinajstić information content (AvgIpc) is 2.82. The van der Waals surface area contributed by atoms with Gasteiger partial charge in [0.25, 0.3) is 5.88 Å². The quantitative estimate of drug-likeness (QED) is 0.827. The van der Waals surface area contributed by atoms with Crippen molar-refractivity contribution in [1.29, 1.82) is 0 Å². The van der Waals surface area contributed by atoms with Crippen molar-refractivity contribution in [3.63, 3.8) is 0 Å². The molecule has 0 radical (unpaired) electrons. The van der Waals surface area contributed by atoms with E-state index in [0.717, 1.165) is 11.8 Å². The maximum atomic E-state index is 10.4. The molecule has 2 heterocycles. The SMILES string of the molecule is COc1nc(C=CC(=O)O)cnc1-n1cnc(C)c1. The van der Waals surface area contributed by atoms with E-state index in [2.05, 4.69) is 15.0 Å². The number of rotatable bonds is 4. The molecule has 0 saturated heterocycles. The van der Waals surface area contributed by atoms with Gasteiger partial charge in [-0.2, -0.15) is 0 Å². The Balaban J connectivity index is 2.39. The Labute approximate surface area is 109 Å². The van der Waals surface area contributed by atoms with Crippen LogP contribution in [0.4, 0.5) is 0 Å². The highest BCUT2D eigenvalue weighted by Crippen LogP contribution is 2.18. The Bertz CT molecular complexity index is 634. The number of carbonyl (C=O) groups is 1. The van der Waals surface area contributed by atoms with E-state index in [-0.39, 0.29) is 0 Å². The van der Waals surface area contributed by atoms with Gasteiger partial charge in [-0.1, -0.05) is 0 Å². The molecule has 0 spiro atoms. The Hall–Kier alpha value is -2.70. The summed E-state index contributed by atoms with van der Waals surface area (Å²) in [4.78, 5) is 22.9. The molecule has 2 rings (SSSR count). The normalized spacial score (nSPS) is 10.8. The van der Waals surface area contributed by atoms with Gasteiger partial charge in [0.15, 0.2) is 0 Å². The first-order valence-electron chi connectivity index (χ1n) is 5.43. The Kier molecular flexibility index (Phi) is 3.56. The lowest BCUT2D eigenvalue weighted by molar-refractivity contribution is -0.131. The topological polar surface area (TPSA) is 90.1 Å². The van der Waals surface area contributed by atoms with Crippen molar-refractivity contribution in [1.82, 2.24) is 19.5 Å². The Morgan fingerprint density at radius 2 is 2.26 bits per heavy atom. The highest BCUT2D eigenvalue weighted by atomic mass is 16.5. The highest BCUT2D eigenvalue weighted by molar-refractivity contribution is 5.84. The van der Waals surface area contributed by atoms with Gasteiger partial charge in [0.2, 0.25) is 5.82 Å². The number of aryl methyl sites for hydroxylation is 1. The summed E-state index contributed by atoms with van der Waals surface area (Å²) in [5.41, 5.74) is 1.25. The van der Waals surface area contributed by atoms with Crippen molar-refractivity contribution < 1.29 is 14.6 Å². The Morgan fingerprint density at radius 1 is 1.47 bits per heavy atom. The van der Waals surface area contributed by atoms with Crippen LogP contribution in [0.3, 0.4) is 0 Å². The molecule has 0 amide bonds. The van der Waals surface area contributed by atoms with Crippen LogP contribution in [0.1, 0.15) is 11.4 Å². The molecule has 0 saturated carbocycles. The molecule has 19 heavy (non-hydrogen) atoms. The van der Waals surface area contributed by atoms with Gasteiger partial charge in [-0.3, -0.25) is 4.57 Å². The van der Waals surface area contributed by atoms with Crippen molar-refractivity contribution in [2.24, 2.45) is 0 Å². The molecule has 0 aromatic carbocycles. The van der Waals surface area contributed by atoms with Gasteiger partial charge in [-0.15, -0.1) is 0 Å². The van der Waals surface area contributed by atoms with Gasteiger partial charge in [-0.05, 0) is 13.0 Å². The summed E-state index contributed by atoms with van der Waals surface area (Å²) in [6.07, 6.45) is 7.20. The van der Waals surface area contributed by atoms with E-state index >= 15 is 0 Å². The number of aliphatic carboxylic acids is 1. The second-order valence-corrected chi connectivity index (χ2v) is 3.72. The average molecular weight is 260 g/mol. The molecule has 7 heteroatoms. The highest BCUT2D eigenvalue weighted by Gasteiger charge is 2.09. The van der Waals surface area contributed by atoms with Crippen LogP contribution in [-0.2, 0) is 4.79 Å². The third-order valence-electron chi connectivity index (χ3n) is 2.29.